The van der Waals surface area contributed by atoms with E-state index in [0.717, 1.165) is 43.9 Å². The summed E-state index contributed by atoms with van der Waals surface area (Å²) in [5, 5.41) is 0.834. The molecule has 0 radical (unpaired) electrons. The molecule has 0 amide bonds. The van der Waals surface area contributed by atoms with Crippen molar-refractivity contribution in [1.82, 2.24) is 0 Å². The third kappa shape index (κ3) is 2.41. The molecule has 0 aromatic rings. The number of halogens is 1. The molecule has 2 aliphatic carbocycles. The van der Waals surface area contributed by atoms with Crippen LogP contribution in [0.25, 0.3) is 0 Å². The van der Waals surface area contributed by atoms with Crippen molar-refractivity contribution in [3.8, 4) is 0 Å². The molecular formula is C11H19BrO2S. The summed E-state index contributed by atoms with van der Waals surface area (Å²) in [6, 6.07) is 0. The Morgan fingerprint density at radius 3 is 2.13 bits per heavy atom. The van der Waals surface area contributed by atoms with Gasteiger partial charge in [0.25, 0.3) is 0 Å². The Morgan fingerprint density at radius 2 is 1.73 bits per heavy atom. The molecule has 0 aromatic heterocycles. The van der Waals surface area contributed by atoms with Crippen LogP contribution in [-0.4, -0.2) is 24.8 Å². The quantitative estimate of drug-likeness (QED) is 0.747. The molecule has 15 heavy (non-hydrogen) atoms. The summed E-state index contributed by atoms with van der Waals surface area (Å²) in [6.07, 6.45) is 7.39. The van der Waals surface area contributed by atoms with Gasteiger partial charge in [0, 0.05) is 5.33 Å². The first-order valence-electron chi connectivity index (χ1n) is 5.86. The minimum Gasteiger partial charge on any atom is -0.229 e. The SMILES string of the molecule is O=S(=O)(CC1(CBr)CCC1)C1CCCC1. The van der Waals surface area contributed by atoms with Gasteiger partial charge in [-0.2, -0.15) is 0 Å². The predicted octanol–water partition coefficient (Wildman–Crippen LogP) is 2.91. The Labute approximate surface area is 101 Å². The summed E-state index contributed by atoms with van der Waals surface area (Å²) in [5.41, 5.74) is 0.0847. The normalized spacial score (nSPS) is 26.5. The molecule has 0 aromatic carbocycles. The maximum absolute atomic E-state index is 12.2. The highest BCUT2D eigenvalue weighted by atomic mass is 79.9. The second-order valence-corrected chi connectivity index (χ2v) is 8.04. The zero-order valence-corrected chi connectivity index (χ0v) is 11.4. The predicted molar refractivity (Wildman–Crippen MR) is 66.1 cm³/mol. The fraction of sp³-hybridized carbons (Fsp3) is 1.00. The lowest BCUT2D eigenvalue weighted by atomic mass is 9.72. The van der Waals surface area contributed by atoms with E-state index in [1.54, 1.807) is 0 Å². The summed E-state index contributed by atoms with van der Waals surface area (Å²) in [6.45, 7) is 0. The number of alkyl halides is 1. The van der Waals surface area contributed by atoms with E-state index >= 15 is 0 Å². The van der Waals surface area contributed by atoms with Crippen molar-refractivity contribution in [2.75, 3.05) is 11.1 Å². The van der Waals surface area contributed by atoms with Crippen LogP contribution in [0, 0.1) is 5.41 Å². The summed E-state index contributed by atoms with van der Waals surface area (Å²) >= 11 is 3.48. The first-order valence-corrected chi connectivity index (χ1v) is 8.69. The maximum Gasteiger partial charge on any atom is 0.153 e. The van der Waals surface area contributed by atoms with Gasteiger partial charge in [-0.25, -0.2) is 8.42 Å². The van der Waals surface area contributed by atoms with Crippen molar-refractivity contribution in [2.24, 2.45) is 5.41 Å². The van der Waals surface area contributed by atoms with E-state index in [2.05, 4.69) is 15.9 Å². The highest BCUT2D eigenvalue weighted by Gasteiger charge is 2.42. The second-order valence-electron chi connectivity index (χ2n) is 5.20. The van der Waals surface area contributed by atoms with Crippen molar-refractivity contribution < 1.29 is 8.42 Å². The Kier molecular flexibility index (Phi) is 3.46. The van der Waals surface area contributed by atoms with Gasteiger partial charge in [-0.15, -0.1) is 0 Å². The first-order chi connectivity index (χ1) is 7.08. The third-order valence-corrected chi connectivity index (χ3v) is 7.71. The average Bonchev–Trinajstić information content (AvgIpc) is 2.64. The van der Waals surface area contributed by atoms with Crippen LogP contribution in [0.4, 0.5) is 0 Å². The van der Waals surface area contributed by atoms with E-state index in [1.807, 2.05) is 0 Å². The number of hydrogen-bond donors (Lipinski definition) is 0. The monoisotopic (exact) mass is 294 g/mol. The molecular weight excluding hydrogens is 276 g/mol. The van der Waals surface area contributed by atoms with Gasteiger partial charge in [0.15, 0.2) is 9.84 Å². The van der Waals surface area contributed by atoms with Gasteiger partial charge in [-0.3, -0.25) is 0 Å². The highest BCUT2D eigenvalue weighted by molar-refractivity contribution is 9.09. The van der Waals surface area contributed by atoms with Crippen molar-refractivity contribution in [1.29, 1.82) is 0 Å². The minimum atomic E-state index is -2.82. The standard InChI is InChI=1S/C11H19BrO2S/c12-8-11(6-3-7-11)9-15(13,14)10-4-1-2-5-10/h10H,1-9H2. The Morgan fingerprint density at radius 1 is 1.13 bits per heavy atom. The van der Waals surface area contributed by atoms with E-state index in [9.17, 15) is 8.42 Å². The van der Waals surface area contributed by atoms with Crippen LogP contribution in [-0.2, 0) is 9.84 Å². The lowest BCUT2D eigenvalue weighted by molar-refractivity contribution is 0.202. The Hall–Kier alpha value is 0.430. The van der Waals surface area contributed by atoms with Crippen molar-refractivity contribution in [3.63, 3.8) is 0 Å². The smallest absolute Gasteiger partial charge is 0.153 e. The van der Waals surface area contributed by atoms with Crippen LogP contribution in [0.5, 0.6) is 0 Å². The van der Waals surface area contributed by atoms with Gasteiger partial charge in [0.05, 0.1) is 11.0 Å². The van der Waals surface area contributed by atoms with E-state index in [1.165, 1.54) is 6.42 Å². The molecule has 0 saturated heterocycles. The van der Waals surface area contributed by atoms with Gasteiger partial charge in [-0.1, -0.05) is 35.2 Å². The summed E-state index contributed by atoms with van der Waals surface area (Å²) in [7, 11) is -2.82. The van der Waals surface area contributed by atoms with E-state index in [0.29, 0.717) is 5.75 Å². The lowest BCUT2D eigenvalue weighted by Crippen LogP contribution is -2.40. The molecule has 0 atom stereocenters. The van der Waals surface area contributed by atoms with Crippen LogP contribution >= 0.6 is 15.9 Å². The first kappa shape index (κ1) is 11.9. The van der Waals surface area contributed by atoms with Gasteiger partial charge in [0.1, 0.15) is 0 Å². The van der Waals surface area contributed by atoms with E-state index < -0.39 is 9.84 Å². The lowest BCUT2D eigenvalue weighted by Gasteiger charge is -2.40. The zero-order chi connectivity index (χ0) is 10.9. The van der Waals surface area contributed by atoms with E-state index in [4.69, 9.17) is 0 Å². The molecule has 2 rings (SSSR count). The highest BCUT2D eigenvalue weighted by Crippen LogP contribution is 2.44. The molecule has 88 valence electrons. The fourth-order valence-electron chi connectivity index (χ4n) is 2.79. The van der Waals surface area contributed by atoms with Crippen LogP contribution < -0.4 is 0 Å². The molecule has 0 spiro atoms. The molecule has 0 bridgehead atoms. The number of hydrogen-bond acceptors (Lipinski definition) is 2. The zero-order valence-electron chi connectivity index (χ0n) is 9.04. The Bertz CT molecular complexity index is 308. The molecule has 4 heteroatoms. The van der Waals surface area contributed by atoms with Crippen molar-refractivity contribution >= 4 is 25.8 Å². The summed E-state index contributed by atoms with van der Waals surface area (Å²) in [4.78, 5) is 0. The summed E-state index contributed by atoms with van der Waals surface area (Å²) < 4.78 is 24.4. The van der Waals surface area contributed by atoms with Crippen LogP contribution in [0.1, 0.15) is 44.9 Å². The molecule has 0 unspecified atom stereocenters. The van der Waals surface area contributed by atoms with Crippen LogP contribution in [0.3, 0.4) is 0 Å². The number of rotatable bonds is 4. The van der Waals surface area contributed by atoms with Crippen molar-refractivity contribution in [2.45, 2.75) is 50.2 Å². The van der Waals surface area contributed by atoms with Gasteiger partial charge in [-0.05, 0) is 31.1 Å². The summed E-state index contributed by atoms with van der Waals surface area (Å²) in [5.74, 6) is 0.427. The molecule has 2 saturated carbocycles. The number of sulfone groups is 1. The molecule has 0 aliphatic heterocycles. The van der Waals surface area contributed by atoms with Gasteiger partial charge >= 0.3 is 0 Å². The topological polar surface area (TPSA) is 34.1 Å². The van der Waals surface area contributed by atoms with Crippen LogP contribution in [0.2, 0.25) is 0 Å². The van der Waals surface area contributed by atoms with Gasteiger partial charge in [0.2, 0.25) is 0 Å². The second kappa shape index (κ2) is 4.36. The van der Waals surface area contributed by atoms with Crippen molar-refractivity contribution in [3.05, 3.63) is 0 Å². The molecule has 0 N–H and O–H groups in total. The molecule has 2 nitrogen and oxygen atoms in total. The molecule has 2 fully saturated rings. The Balaban J connectivity index is 2.03. The minimum absolute atomic E-state index is 0.0194. The van der Waals surface area contributed by atoms with Gasteiger partial charge < -0.3 is 0 Å². The largest absolute Gasteiger partial charge is 0.229 e. The van der Waals surface area contributed by atoms with Crippen LogP contribution in [0.15, 0.2) is 0 Å². The molecule has 0 heterocycles. The fourth-order valence-corrected chi connectivity index (χ4v) is 6.34. The maximum atomic E-state index is 12.2. The van der Waals surface area contributed by atoms with E-state index in [-0.39, 0.29) is 10.7 Å². The average molecular weight is 295 g/mol. The molecule has 2 aliphatic rings. The third-order valence-electron chi connectivity index (χ3n) is 4.02.